The van der Waals surface area contributed by atoms with Crippen molar-refractivity contribution in [3.63, 3.8) is 0 Å². The monoisotopic (exact) mass is 218 g/mol. The van der Waals surface area contributed by atoms with Gasteiger partial charge >= 0.3 is 0 Å². The lowest BCUT2D eigenvalue weighted by molar-refractivity contribution is -0.134. The highest BCUT2D eigenvalue weighted by molar-refractivity contribution is 6.60. The van der Waals surface area contributed by atoms with Gasteiger partial charge in [-0.25, -0.2) is 0 Å². The van der Waals surface area contributed by atoms with Crippen molar-refractivity contribution in [3.8, 4) is 0 Å². The summed E-state index contributed by atoms with van der Waals surface area (Å²) in [6, 6.07) is 0. The Hall–Kier alpha value is -1.77. The molecule has 1 rings (SSSR count). The van der Waals surface area contributed by atoms with Crippen LogP contribution in [-0.2, 0) is 14.4 Å². The molecule has 0 N–H and O–H groups in total. The second-order valence-electron chi connectivity index (χ2n) is 3.99. The van der Waals surface area contributed by atoms with Gasteiger partial charge in [-0.05, 0) is 12.8 Å². The highest BCUT2D eigenvalue weighted by Crippen LogP contribution is 2.25. The van der Waals surface area contributed by atoms with Gasteiger partial charge in [-0.2, -0.15) is 0 Å². The summed E-state index contributed by atoms with van der Waals surface area (Å²) in [4.78, 5) is 34.9. The number of hydrogen-bond donors (Lipinski definition) is 0. The fourth-order valence-corrected chi connectivity index (χ4v) is 1.56. The van der Waals surface area contributed by atoms with Gasteiger partial charge in [-0.1, -0.05) is 32.6 Å². The Morgan fingerprint density at radius 1 is 1.00 bits per heavy atom. The highest BCUT2D eigenvalue weighted by Gasteiger charge is 2.36. The first kappa shape index (κ1) is 12.3. The minimum atomic E-state index is -0.789. The Labute approximate surface area is 94.5 Å². The Kier molecular flexibility index (Phi) is 3.38. The molecule has 0 spiro atoms. The van der Waals surface area contributed by atoms with Gasteiger partial charge in [0.2, 0.25) is 11.6 Å². The van der Waals surface area contributed by atoms with E-state index in [0.29, 0.717) is 0 Å². The fraction of sp³-hybridized carbons (Fsp3) is 0.308. The molecule has 1 aliphatic rings. The van der Waals surface area contributed by atoms with Gasteiger partial charge in [0.1, 0.15) is 0 Å². The van der Waals surface area contributed by atoms with E-state index >= 15 is 0 Å². The van der Waals surface area contributed by atoms with Crippen LogP contribution in [0.2, 0.25) is 0 Å². The third-order valence-corrected chi connectivity index (χ3v) is 2.32. The number of allylic oxidation sites excluding steroid dienone is 5. The van der Waals surface area contributed by atoms with E-state index in [0.717, 1.165) is 0 Å². The minimum absolute atomic E-state index is 0.0980. The second kappa shape index (κ2) is 4.39. The van der Waals surface area contributed by atoms with E-state index in [1.54, 1.807) is 19.1 Å². The van der Waals surface area contributed by atoms with Crippen molar-refractivity contribution in [2.45, 2.75) is 20.8 Å². The summed E-state index contributed by atoms with van der Waals surface area (Å²) in [5.41, 5.74) is 0.252. The molecule has 0 aromatic heterocycles. The molecule has 0 saturated heterocycles. The summed E-state index contributed by atoms with van der Waals surface area (Å²) in [5.74, 6) is -1.77. The topological polar surface area (TPSA) is 51.2 Å². The van der Waals surface area contributed by atoms with Crippen molar-refractivity contribution in [2.24, 2.45) is 5.92 Å². The molecule has 0 radical (unpaired) electrons. The largest absolute Gasteiger partial charge is 0.288 e. The molecule has 1 aliphatic carbocycles. The first-order valence-electron chi connectivity index (χ1n) is 5.11. The Bertz CT molecular complexity index is 448. The molecule has 0 bridgehead atoms. The lowest BCUT2D eigenvalue weighted by Gasteiger charge is -2.17. The molecule has 3 heteroatoms. The molecule has 1 fully saturated rings. The molecule has 0 atom stereocenters. The molecular weight excluding hydrogens is 204 g/mol. The maximum absolute atomic E-state index is 11.7. The first-order valence-corrected chi connectivity index (χ1v) is 5.11. The van der Waals surface area contributed by atoms with E-state index in [2.05, 4.69) is 6.58 Å². The summed E-state index contributed by atoms with van der Waals surface area (Å²) in [7, 11) is 0. The predicted molar refractivity (Wildman–Crippen MR) is 60.8 cm³/mol. The Balaban J connectivity index is 3.36. The van der Waals surface area contributed by atoms with Crippen molar-refractivity contribution in [1.82, 2.24) is 0 Å². The normalized spacial score (nSPS) is 22.8. The van der Waals surface area contributed by atoms with E-state index in [9.17, 15) is 14.4 Å². The number of carbonyl (C=O) groups is 3. The summed E-state index contributed by atoms with van der Waals surface area (Å²) in [5, 5.41) is 0. The maximum atomic E-state index is 11.7. The van der Waals surface area contributed by atoms with Crippen LogP contribution in [0.3, 0.4) is 0 Å². The van der Waals surface area contributed by atoms with E-state index in [4.69, 9.17) is 0 Å². The average molecular weight is 218 g/mol. The molecule has 84 valence electrons. The Morgan fingerprint density at radius 3 is 2.00 bits per heavy atom. The van der Waals surface area contributed by atoms with Crippen molar-refractivity contribution >= 4 is 17.3 Å². The number of carbonyl (C=O) groups excluding carboxylic acids is 3. The maximum Gasteiger partial charge on any atom is 0.236 e. The van der Waals surface area contributed by atoms with Crippen LogP contribution in [0.25, 0.3) is 0 Å². The van der Waals surface area contributed by atoms with Gasteiger partial charge < -0.3 is 0 Å². The third kappa shape index (κ3) is 1.94. The van der Waals surface area contributed by atoms with E-state index < -0.39 is 17.3 Å². The van der Waals surface area contributed by atoms with Crippen LogP contribution in [0.1, 0.15) is 20.8 Å². The van der Waals surface area contributed by atoms with E-state index in [1.165, 1.54) is 0 Å². The van der Waals surface area contributed by atoms with Gasteiger partial charge in [-0.15, -0.1) is 0 Å². The first-order chi connectivity index (χ1) is 7.40. The third-order valence-electron chi connectivity index (χ3n) is 2.32. The summed E-state index contributed by atoms with van der Waals surface area (Å²) >= 11 is 0. The standard InChI is InChI=1S/C13H14O3/c1-5-9-10(6-7(2)3)13(16)12(15)8(4)11(9)14/h5-7H,4H2,1-3H3/b9-5+,10-6+. The van der Waals surface area contributed by atoms with Gasteiger partial charge in [0.05, 0.1) is 5.57 Å². The van der Waals surface area contributed by atoms with Crippen LogP contribution in [0.5, 0.6) is 0 Å². The lowest BCUT2D eigenvalue weighted by Crippen LogP contribution is -2.32. The van der Waals surface area contributed by atoms with E-state index in [-0.39, 0.29) is 22.6 Å². The molecule has 1 saturated carbocycles. The lowest BCUT2D eigenvalue weighted by atomic mass is 9.82. The molecule has 0 aliphatic heterocycles. The van der Waals surface area contributed by atoms with Gasteiger partial charge in [-0.3, -0.25) is 14.4 Å². The zero-order valence-electron chi connectivity index (χ0n) is 9.66. The second-order valence-corrected chi connectivity index (χ2v) is 3.99. The SMILES string of the molecule is C=C1C(=O)C(=O)C(=C/C(C)C)/C(=C\C)C1=O. The van der Waals surface area contributed by atoms with Crippen LogP contribution >= 0.6 is 0 Å². The fourth-order valence-electron chi connectivity index (χ4n) is 1.56. The summed E-state index contributed by atoms with van der Waals surface area (Å²) < 4.78 is 0. The molecule has 0 heterocycles. The van der Waals surface area contributed by atoms with Crippen LogP contribution in [-0.4, -0.2) is 17.3 Å². The molecule has 0 aromatic rings. The van der Waals surface area contributed by atoms with Crippen molar-refractivity contribution in [1.29, 1.82) is 0 Å². The van der Waals surface area contributed by atoms with Crippen LogP contribution in [0.4, 0.5) is 0 Å². The average Bonchev–Trinajstić information content (AvgIpc) is 2.23. The zero-order valence-corrected chi connectivity index (χ0v) is 9.66. The van der Waals surface area contributed by atoms with E-state index in [1.807, 2.05) is 13.8 Å². The van der Waals surface area contributed by atoms with Crippen molar-refractivity contribution < 1.29 is 14.4 Å². The highest BCUT2D eigenvalue weighted by atomic mass is 16.2. The molecule has 0 aromatic carbocycles. The number of Topliss-reactive ketones (excluding diaryl/α,β-unsaturated/α-hetero) is 3. The molecule has 0 unspecified atom stereocenters. The quantitative estimate of drug-likeness (QED) is 0.383. The van der Waals surface area contributed by atoms with Crippen molar-refractivity contribution in [3.05, 3.63) is 35.5 Å². The molecule has 3 nitrogen and oxygen atoms in total. The minimum Gasteiger partial charge on any atom is -0.288 e. The van der Waals surface area contributed by atoms with Gasteiger partial charge in [0, 0.05) is 11.1 Å². The summed E-state index contributed by atoms with van der Waals surface area (Å²) in [6.45, 7) is 8.78. The number of rotatable bonds is 1. The van der Waals surface area contributed by atoms with Gasteiger partial charge in [0.25, 0.3) is 0 Å². The Morgan fingerprint density at radius 2 is 1.56 bits per heavy atom. The predicted octanol–water partition coefficient (Wildman–Crippen LogP) is 1.79. The van der Waals surface area contributed by atoms with Crippen LogP contribution < -0.4 is 0 Å². The number of hydrogen-bond acceptors (Lipinski definition) is 3. The smallest absolute Gasteiger partial charge is 0.236 e. The van der Waals surface area contributed by atoms with Gasteiger partial charge in [0.15, 0.2) is 5.78 Å². The number of ketones is 3. The summed E-state index contributed by atoms with van der Waals surface area (Å²) in [6.07, 6.45) is 3.19. The molecule has 16 heavy (non-hydrogen) atoms. The zero-order chi connectivity index (χ0) is 12.5. The van der Waals surface area contributed by atoms with Crippen LogP contribution in [0, 0.1) is 5.92 Å². The van der Waals surface area contributed by atoms with Crippen molar-refractivity contribution in [2.75, 3.05) is 0 Å². The molecular formula is C13H14O3. The molecule has 0 amide bonds. The van der Waals surface area contributed by atoms with Crippen LogP contribution in [0.15, 0.2) is 35.5 Å².